The van der Waals surface area contributed by atoms with Gasteiger partial charge in [0, 0.05) is 46.7 Å². The van der Waals surface area contributed by atoms with Gasteiger partial charge in [0.2, 0.25) is 47.1 Å². The number of rotatable bonds is 15. The maximum atomic E-state index is 16.4. The van der Waals surface area contributed by atoms with Crippen LogP contribution in [0.4, 0.5) is 0 Å². The zero-order valence-corrected chi connectivity index (χ0v) is 62.2. The van der Waals surface area contributed by atoms with Gasteiger partial charge < -0.3 is 139 Å². The molecular weight excluding hydrogens is 1500 g/mol. The number of hydrogen-bond donors (Lipinski definition) is 20. The number of fused-ring (bicyclic) bond motifs is 15. The highest BCUT2D eigenvalue weighted by Crippen LogP contribution is 2.52. The van der Waals surface area contributed by atoms with Crippen molar-refractivity contribution in [3.05, 3.63) is 117 Å². The van der Waals surface area contributed by atoms with Crippen molar-refractivity contribution >= 4 is 70.5 Å². The Hall–Kier alpha value is -9.32. The summed E-state index contributed by atoms with van der Waals surface area (Å²) in [5.41, 5.74) is 13.3. The van der Waals surface area contributed by atoms with E-state index in [0.717, 1.165) is 54.6 Å². The lowest BCUT2D eigenvalue weighted by Crippen LogP contribution is -2.64. The Balaban J connectivity index is 1.21. The molecule has 111 heavy (non-hydrogen) atoms. The van der Waals surface area contributed by atoms with E-state index in [9.17, 15) is 65.4 Å². The lowest BCUT2D eigenvalue weighted by molar-refractivity contribution is -0.442. The first-order valence-corrected chi connectivity index (χ1v) is 36.1. The average Bonchev–Trinajstić information content (AvgIpc) is 0.756. The van der Waals surface area contributed by atoms with Crippen LogP contribution in [0.3, 0.4) is 0 Å². The van der Waals surface area contributed by atoms with Gasteiger partial charge >= 0.3 is 11.9 Å². The summed E-state index contributed by atoms with van der Waals surface area (Å²) in [6.45, 7) is 8.48. The molecule has 13 rings (SSSR count). The number of carbonyl (C=O) groups is 8. The molecule has 3 fully saturated rings. The van der Waals surface area contributed by atoms with E-state index in [1.807, 2.05) is 13.8 Å². The first kappa shape index (κ1) is 82.6. The summed E-state index contributed by atoms with van der Waals surface area (Å²) in [6, 6.07) is -0.604. The predicted octanol–water partition coefficient (Wildman–Crippen LogP) is 0.693. The SMILES string of the molecule is CN[C@H](CC(C)C)C(=O)N[C@H]1C(=O)N[C@@H](CC(N)=O)C(=O)N[C@H]2C(=O)N[C@H]3C(=O)N[C@H](C(=O)N[C@H](C(=O)O)c4cc(O)cc(O)c4-c4cc3ccc4O)[C@H](O[C@@H]3CC(C)(N)[C@H](O)[C@@H](C)O3)c3ccc(c(Cl)c3)Oc3cc2cc(c3O[C@@]2(O[C@@H]3CC(C)(N)[C@H](O)[C@@H](C)O3)C[C@@H](O)[C@H](O)[C@@H](CO)O2)Oc2ccc(cc2Cl)[C@H]1O. The number of benzene rings is 5. The summed E-state index contributed by atoms with van der Waals surface area (Å²) >= 11 is 14.5. The monoisotopic (exact) mass is 1590 g/mol. The fourth-order valence-electron chi connectivity index (χ4n) is 14.3. The number of aliphatic hydroxyl groups excluding tert-OH is 6. The lowest BCUT2D eigenvalue weighted by Gasteiger charge is -2.48. The Morgan fingerprint density at radius 1 is 0.676 bits per heavy atom. The minimum atomic E-state index is -2.85. The van der Waals surface area contributed by atoms with Gasteiger partial charge in [0.05, 0.1) is 66.1 Å². The van der Waals surface area contributed by atoms with Crippen molar-refractivity contribution in [2.75, 3.05) is 13.7 Å². The standard InChI is InChI=1S/C73H88Cl2N10O26/c1-27(2)14-39(79-7)64(96)84-56-58(92)31-9-12-44(37(74)16-31)106-46-18-33-19-47(61(46)111-73(23-43(90)59(93)48(26-86)109-73)110-51-25-72(6,78)63(95)29(4)105-51)107-45-13-10-32(17-38(45)75)60(108-50-24-71(5,77)62(94)28(3)104-50)57-69(101)83-55(70(102)103)36-20-34(87)21-42(89)52(36)35-15-30(8-11-41(35)88)53(66(98)85-57)82-67(99)54(33)81-65(97)40(22-49(76)91)80-68(56)100/h8-13,15-21,27-29,39-40,43,48,50-51,53-60,62-63,79,86-90,92-95H,14,22-26,77-78H2,1-7H3,(H2,76,91)(H,80,100)(H,81,97)(H,82,99)(H,83,101)(H,84,96)(H,85,98)(H,102,103)/t28-,29-,39-,40+,43-,48-,50-,51-,53-,54-,55+,56-,57+,58-,59+,60-,62-,63-,71?,72?,73+/m1/s1. The number of aromatic hydroxyl groups is 3. The molecule has 5 aromatic rings. The van der Waals surface area contributed by atoms with Crippen LogP contribution in [0, 0.1) is 5.92 Å². The number of carboxylic acids is 1. The van der Waals surface area contributed by atoms with Gasteiger partial charge in [0.15, 0.2) is 30.1 Å². The van der Waals surface area contributed by atoms with Gasteiger partial charge in [-0.25, -0.2) is 4.79 Å². The normalized spacial score (nSPS) is 32.1. The number of phenols is 3. The molecule has 21 atom stereocenters. The largest absolute Gasteiger partial charge is 0.508 e. The number of carbonyl (C=O) groups excluding carboxylic acids is 7. The average molecular weight is 1590 g/mol. The summed E-state index contributed by atoms with van der Waals surface area (Å²) < 4.78 is 52.3. The highest BCUT2D eigenvalue weighted by Gasteiger charge is 2.55. The number of aliphatic hydroxyl groups is 6. The van der Waals surface area contributed by atoms with Crippen LogP contribution in [0.25, 0.3) is 11.1 Å². The zero-order chi connectivity index (χ0) is 80.9. The van der Waals surface area contributed by atoms with Gasteiger partial charge in [-0.05, 0) is 124 Å². The fourth-order valence-corrected chi connectivity index (χ4v) is 14.7. The van der Waals surface area contributed by atoms with E-state index >= 15 is 24.0 Å². The first-order valence-electron chi connectivity index (χ1n) is 35.3. The van der Waals surface area contributed by atoms with Crippen molar-refractivity contribution < 1.29 is 127 Å². The second kappa shape index (κ2) is 32.8. The van der Waals surface area contributed by atoms with Gasteiger partial charge in [-0.3, -0.25) is 38.3 Å². The van der Waals surface area contributed by atoms with Crippen molar-refractivity contribution in [3.63, 3.8) is 0 Å². The predicted molar refractivity (Wildman–Crippen MR) is 385 cm³/mol. The molecular formula is C73H88Cl2N10O26. The molecule has 38 heteroatoms. The van der Waals surface area contributed by atoms with E-state index in [4.69, 9.17) is 78.3 Å². The summed E-state index contributed by atoms with van der Waals surface area (Å²) in [5, 5.41) is 131. The second-order valence-corrected chi connectivity index (χ2v) is 30.1. The molecule has 3 saturated heterocycles. The molecule has 8 aliphatic heterocycles. The molecule has 0 aromatic heterocycles. The Bertz CT molecular complexity index is 4440. The lowest BCUT2D eigenvalue weighted by atomic mass is 9.86. The van der Waals surface area contributed by atoms with Crippen LogP contribution in [-0.4, -0.2) is 209 Å². The number of carboxylic acid groups (broad SMARTS) is 1. The van der Waals surface area contributed by atoms with Crippen molar-refractivity contribution in [2.24, 2.45) is 23.1 Å². The molecule has 11 bridgehead atoms. The zero-order valence-electron chi connectivity index (χ0n) is 60.7. The highest BCUT2D eigenvalue weighted by atomic mass is 35.5. The van der Waals surface area contributed by atoms with Crippen LogP contribution < -0.4 is 68.6 Å². The number of likely N-dealkylation sites (N-methyl/N-ethyl adjacent to an activating group) is 1. The molecule has 8 aliphatic rings. The summed E-state index contributed by atoms with van der Waals surface area (Å²) in [4.78, 5) is 120. The molecule has 2 unspecified atom stereocenters. The number of nitrogens with two attached hydrogens (primary N) is 3. The molecule has 0 aliphatic carbocycles. The number of halogens is 2. The van der Waals surface area contributed by atoms with Crippen LogP contribution in [0.2, 0.25) is 10.0 Å². The molecule has 0 saturated carbocycles. The Morgan fingerprint density at radius 3 is 1.84 bits per heavy atom. The topological polar surface area (TPSA) is 575 Å². The van der Waals surface area contributed by atoms with E-state index in [1.54, 1.807) is 0 Å². The maximum absolute atomic E-state index is 16.4. The van der Waals surface area contributed by atoms with Gasteiger partial charge in [0.25, 0.3) is 0 Å². The van der Waals surface area contributed by atoms with Crippen LogP contribution >= 0.6 is 23.2 Å². The quantitative estimate of drug-likeness (QED) is 0.0641. The summed E-state index contributed by atoms with van der Waals surface area (Å²) in [7, 11) is 1.47. The molecule has 5 aromatic carbocycles. The van der Waals surface area contributed by atoms with E-state index in [1.165, 1.54) is 59.0 Å². The number of amides is 7. The summed E-state index contributed by atoms with van der Waals surface area (Å²) in [6.07, 6.45) is -20.1. The Kier molecular flexibility index (Phi) is 24.4. The van der Waals surface area contributed by atoms with Crippen molar-refractivity contribution in [3.8, 4) is 57.1 Å². The van der Waals surface area contributed by atoms with Crippen LogP contribution in [-0.2, 0) is 62.0 Å². The first-order chi connectivity index (χ1) is 52.2. The minimum Gasteiger partial charge on any atom is -0.508 e. The smallest absolute Gasteiger partial charge is 0.332 e. The second-order valence-electron chi connectivity index (χ2n) is 29.3. The Morgan fingerprint density at radius 2 is 1.25 bits per heavy atom. The van der Waals surface area contributed by atoms with Crippen LogP contribution in [0.15, 0.2) is 78.9 Å². The number of aliphatic carboxylic acids is 1. The molecule has 0 radical (unpaired) electrons. The minimum absolute atomic E-state index is 0.114. The number of phenolic OH excluding ortho intramolecular Hbond substituents is 3. The fraction of sp³-hybridized carbons (Fsp3) is 0.479. The van der Waals surface area contributed by atoms with E-state index < -0.39 is 261 Å². The van der Waals surface area contributed by atoms with E-state index in [2.05, 4.69) is 37.2 Å². The van der Waals surface area contributed by atoms with Crippen LogP contribution in [0.5, 0.6) is 46.0 Å². The Labute approximate surface area is 643 Å². The third-order valence-electron chi connectivity index (χ3n) is 20.1. The summed E-state index contributed by atoms with van der Waals surface area (Å²) in [5.74, 6) is -19.2. The number of hydrogen-bond acceptors (Lipinski definition) is 28. The van der Waals surface area contributed by atoms with Gasteiger partial charge in [-0.1, -0.05) is 55.2 Å². The molecule has 36 nitrogen and oxygen atoms in total. The third-order valence-corrected chi connectivity index (χ3v) is 20.7. The maximum Gasteiger partial charge on any atom is 0.332 e. The van der Waals surface area contributed by atoms with Crippen molar-refractivity contribution in [1.82, 2.24) is 37.2 Å². The number of primary amides is 1. The molecule has 7 amide bonds. The molecule has 600 valence electrons. The van der Waals surface area contributed by atoms with Crippen molar-refractivity contribution in [1.29, 1.82) is 0 Å². The highest BCUT2D eigenvalue weighted by molar-refractivity contribution is 6.32. The molecule has 0 spiro atoms. The number of nitrogens with one attached hydrogen (secondary N) is 7. The van der Waals surface area contributed by atoms with Gasteiger partial charge in [0.1, 0.15) is 83.4 Å². The molecule has 23 N–H and O–H groups in total. The molecule has 8 heterocycles. The van der Waals surface area contributed by atoms with Crippen LogP contribution in [0.1, 0.15) is 132 Å². The number of ether oxygens (including phenoxy) is 8. The van der Waals surface area contributed by atoms with E-state index in [-0.39, 0.29) is 52.6 Å². The van der Waals surface area contributed by atoms with Gasteiger partial charge in [-0.15, -0.1) is 0 Å². The van der Waals surface area contributed by atoms with E-state index in [0.29, 0.717) is 0 Å². The third kappa shape index (κ3) is 17.7. The van der Waals surface area contributed by atoms with Crippen molar-refractivity contribution in [2.45, 2.75) is 201 Å². The van der Waals surface area contributed by atoms with Gasteiger partial charge in [-0.2, -0.15) is 0 Å².